The molecule has 1 unspecified atom stereocenters. The highest BCUT2D eigenvalue weighted by atomic mass is 19.1. The first-order chi connectivity index (χ1) is 9.28. The second-order valence-corrected chi connectivity index (χ2v) is 6.14. The minimum atomic E-state index is -0.917. The van der Waals surface area contributed by atoms with E-state index in [1.165, 1.54) is 0 Å². The standard InChI is InChI=1S/C14H18F2N2O2/c1-14(2)5-3-4-9(8-14)17-13-11(15)6-10(18(19)20)7-12(13)16/h6-7,9,17H,3-5,8H2,1-2H3. The van der Waals surface area contributed by atoms with Crippen molar-refractivity contribution in [1.82, 2.24) is 0 Å². The fourth-order valence-corrected chi connectivity index (χ4v) is 2.83. The number of nitro groups is 1. The molecule has 20 heavy (non-hydrogen) atoms. The van der Waals surface area contributed by atoms with Crippen LogP contribution >= 0.6 is 0 Å². The number of hydrogen-bond acceptors (Lipinski definition) is 3. The molecular weight excluding hydrogens is 266 g/mol. The molecule has 0 aliphatic heterocycles. The highest BCUT2D eigenvalue weighted by Gasteiger charge is 2.29. The summed E-state index contributed by atoms with van der Waals surface area (Å²) in [5, 5.41) is 13.4. The van der Waals surface area contributed by atoms with Crippen LogP contribution < -0.4 is 5.32 Å². The number of rotatable bonds is 3. The quantitative estimate of drug-likeness (QED) is 0.666. The summed E-state index contributed by atoms with van der Waals surface area (Å²) in [7, 11) is 0. The number of benzene rings is 1. The molecule has 0 saturated heterocycles. The summed E-state index contributed by atoms with van der Waals surface area (Å²) in [4.78, 5) is 9.74. The molecule has 1 saturated carbocycles. The third kappa shape index (κ3) is 3.23. The van der Waals surface area contributed by atoms with E-state index in [4.69, 9.17) is 0 Å². The second-order valence-electron chi connectivity index (χ2n) is 6.14. The van der Waals surface area contributed by atoms with Crippen molar-refractivity contribution in [3.63, 3.8) is 0 Å². The summed E-state index contributed by atoms with van der Waals surface area (Å²) >= 11 is 0. The van der Waals surface area contributed by atoms with Crippen molar-refractivity contribution in [2.75, 3.05) is 5.32 Å². The number of non-ortho nitro benzene ring substituents is 1. The number of anilines is 1. The minimum absolute atomic E-state index is 0.00999. The van der Waals surface area contributed by atoms with Crippen molar-refractivity contribution in [2.45, 2.75) is 45.6 Å². The number of nitrogens with one attached hydrogen (secondary N) is 1. The van der Waals surface area contributed by atoms with Gasteiger partial charge in [0.1, 0.15) is 5.69 Å². The van der Waals surface area contributed by atoms with Crippen molar-refractivity contribution in [3.8, 4) is 0 Å². The van der Waals surface area contributed by atoms with Crippen LogP contribution in [0.25, 0.3) is 0 Å². The minimum Gasteiger partial charge on any atom is -0.378 e. The van der Waals surface area contributed by atoms with E-state index < -0.39 is 22.2 Å². The average Bonchev–Trinajstić information content (AvgIpc) is 2.32. The fourth-order valence-electron chi connectivity index (χ4n) is 2.83. The molecular formula is C14H18F2N2O2. The van der Waals surface area contributed by atoms with Crippen molar-refractivity contribution < 1.29 is 13.7 Å². The summed E-state index contributed by atoms with van der Waals surface area (Å²) in [6, 6.07) is 1.49. The molecule has 1 aromatic carbocycles. The van der Waals surface area contributed by atoms with Gasteiger partial charge in [0.15, 0.2) is 11.6 Å². The number of hydrogen-bond donors (Lipinski definition) is 1. The number of halogens is 2. The maximum absolute atomic E-state index is 13.8. The lowest BCUT2D eigenvalue weighted by atomic mass is 9.75. The third-order valence-electron chi connectivity index (χ3n) is 3.79. The third-order valence-corrected chi connectivity index (χ3v) is 3.79. The Morgan fingerprint density at radius 2 is 1.95 bits per heavy atom. The first-order valence-corrected chi connectivity index (χ1v) is 6.68. The monoisotopic (exact) mass is 284 g/mol. The molecule has 4 nitrogen and oxygen atoms in total. The highest BCUT2D eigenvalue weighted by Crippen LogP contribution is 2.37. The summed E-state index contributed by atoms with van der Waals surface area (Å²) in [6.45, 7) is 4.26. The SMILES string of the molecule is CC1(C)CCCC(Nc2c(F)cc([N+](=O)[O-])cc2F)C1. The van der Waals surface area contributed by atoms with Crippen LogP contribution in [0.4, 0.5) is 20.2 Å². The van der Waals surface area contributed by atoms with Crippen molar-refractivity contribution in [1.29, 1.82) is 0 Å². The zero-order valence-corrected chi connectivity index (χ0v) is 11.6. The molecule has 1 aliphatic rings. The van der Waals surface area contributed by atoms with Crippen molar-refractivity contribution in [2.24, 2.45) is 5.41 Å². The summed E-state index contributed by atoms with van der Waals surface area (Å²) < 4.78 is 27.6. The van der Waals surface area contributed by atoms with E-state index in [0.29, 0.717) is 0 Å². The molecule has 110 valence electrons. The van der Waals surface area contributed by atoms with E-state index in [0.717, 1.165) is 37.8 Å². The Morgan fingerprint density at radius 3 is 2.45 bits per heavy atom. The van der Waals surface area contributed by atoms with Crippen LogP contribution in [0.15, 0.2) is 12.1 Å². The predicted octanol–water partition coefficient (Wildman–Crippen LogP) is 4.25. The Balaban J connectivity index is 2.19. The molecule has 0 radical (unpaired) electrons. The second kappa shape index (κ2) is 5.34. The largest absolute Gasteiger partial charge is 0.378 e. The van der Waals surface area contributed by atoms with Gasteiger partial charge >= 0.3 is 0 Å². The normalized spacial score (nSPS) is 21.5. The highest BCUT2D eigenvalue weighted by molar-refractivity contribution is 5.52. The first-order valence-electron chi connectivity index (χ1n) is 6.68. The molecule has 0 spiro atoms. The maximum atomic E-state index is 13.8. The van der Waals surface area contributed by atoms with Gasteiger partial charge in [-0.1, -0.05) is 20.3 Å². The van der Waals surface area contributed by atoms with E-state index in [2.05, 4.69) is 19.2 Å². The molecule has 1 N–H and O–H groups in total. The van der Waals surface area contributed by atoms with Crippen LogP contribution in [-0.4, -0.2) is 11.0 Å². The van der Waals surface area contributed by atoms with Crippen molar-refractivity contribution in [3.05, 3.63) is 33.9 Å². The molecule has 0 bridgehead atoms. The molecule has 2 rings (SSSR count). The Hall–Kier alpha value is -1.72. The van der Waals surface area contributed by atoms with E-state index in [-0.39, 0.29) is 17.1 Å². The van der Waals surface area contributed by atoms with Crippen LogP contribution in [0.1, 0.15) is 39.5 Å². The lowest BCUT2D eigenvalue weighted by Gasteiger charge is -2.36. The Morgan fingerprint density at radius 1 is 1.35 bits per heavy atom. The molecule has 1 fully saturated rings. The van der Waals surface area contributed by atoms with Crippen LogP contribution in [0, 0.1) is 27.2 Å². The van der Waals surface area contributed by atoms with Gasteiger partial charge in [-0.05, 0) is 24.7 Å². The van der Waals surface area contributed by atoms with Crippen LogP contribution in [0.2, 0.25) is 0 Å². The molecule has 0 aromatic heterocycles. The molecule has 1 aromatic rings. The van der Waals surface area contributed by atoms with Crippen LogP contribution in [-0.2, 0) is 0 Å². The number of nitrogens with zero attached hydrogens (tertiary/aromatic N) is 1. The number of nitro benzene ring substituents is 1. The lowest BCUT2D eigenvalue weighted by Crippen LogP contribution is -2.32. The van der Waals surface area contributed by atoms with Gasteiger partial charge < -0.3 is 5.32 Å². The average molecular weight is 284 g/mol. The Bertz CT molecular complexity index is 509. The van der Waals surface area contributed by atoms with Crippen LogP contribution in [0.3, 0.4) is 0 Å². The Kier molecular flexibility index (Phi) is 3.92. The Labute approximate surface area is 116 Å². The fraction of sp³-hybridized carbons (Fsp3) is 0.571. The van der Waals surface area contributed by atoms with E-state index >= 15 is 0 Å². The van der Waals surface area contributed by atoms with Gasteiger partial charge in [-0.2, -0.15) is 0 Å². The zero-order valence-electron chi connectivity index (χ0n) is 11.6. The summed E-state index contributed by atoms with van der Waals surface area (Å²) in [5.74, 6) is -1.83. The van der Waals surface area contributed by atoms with E-state index in [1.54, 1.807) is 0 Å². The lowest BCUT2D eigenvalue weighted by molar-refractivity contribution is -0.385. The van der Waals surface area contributed by atoms with Gasteiger partial charge in [-0.15, -0.1) is 0 Å². The van der Waals surface area contributed by atoms with Crippen molar-refractivity contribution >= 4 is 11.4 Å². The maximum Gasteiger partial charge on any atom is 0.275 e. The molecule has 6 heteroatoms. The topological polar surface area (TPSA) is 55.2 Å². The zero-order chi connectivity index (χ0) is 14.9. The molecule has 1 aliphatic carbocycles. The van der Waals surface area contributed by atoms with E-state index in [9.17, 15) is 18.9 Å². The summed E-state index contributed by atoms with van der Waals surface area (Å²) in [5.41, 5.74) is -0.697. The molecule has 0 heterocycles. The molecule has 0 amide bonds. The van der Waals surface area contributed by atoms with Gasteiger partial charge in [-0.25, -0.2) is 8.78 Å². The van der Waals surface area contributed by atoms with Gasteiger partial charge in [0.2, 0.25) is 0 Å². The van der Waals surface area contributed by atoms with Crippen LogP contribution in [0.5, 0.6) is 0 Å². The van der Waals surface area contributed by atoms with E-state index in [1.807, 2.05) is 0 Å². The summed E-state index contributed by atoms with van der Waals surface area (Å²) in [6.07, 6.45) is 3.76. The van der Waals surface area contributed by atoms with Gasteiger partial charge in [-0.3, -0.25) is 10.1 Å². The van der Waals surface area contributed by atoms with Gasteiger partial charge in [0.25, 0.3) is 5.69 Å². The van der Waals surface area contributed by atoms with Gasteiger partial charge in [0, 0.05) is 6.04 Å². The first kappa shape index (κ1) is 14.7. The molecule has 1 atom stereocenters. The predicted molar refractivity (Wildman–Crippen MR) is 72.7 cm³/mol. The smallest absolute Gasteiger partial charge is 0.275 e. The van der Waals surface area contributed by atoms with Gasteiger partial charge in [0.05, 0.1) is 17.1 Å².